The number of hydrogen-bond acceptors (Lipinski definition) is 6. The molecule has 0 saturated carbocycles. The molecule has 1 aromatic rings. The minimum atomic E-state index is -1.38. The SMILES string of the molecule is CCC(C)(OC(C)=O)[C@@H](CO)O[C@H](CF)n1ccc(=O)[nH]c1=O. The number of aromatic amines is 1. The van der Waals surface area contributed by atoms with Gasteiger partial charge in [0.1, 0.15) is 18.4 Å². The van der Waals surface area contributed by atoms with Crippen LogP contribution in [-0.2, 0) is 14.3 Å². The zero-order valence-corrected chi connectivity index (χ0v) is 13.2. The molecule has 0 fully saturated rings. The van der Waals surface area contributed by atoms with E-state index in [4.69, 9.17) is 9.47 Å². The van der Waals surface area contributed by atoms with Crippen LogP contribution in [0.2, 0.25) is 0 Å². The van der Waals surface area contributed by atoms with Crippen LogP contribution in [-0.4, -0.2) is 45.6 Å². The number of rotatable bonds is 8. The number of hydrogen-bond donors (Lipinski definition) is 2. The minimum absolute atomic E-state index is 0.303. The van der Waals surface area contributed by atoms with Crippen molar-refractivity contribution in [2.45, 2.75) is 45.1 Å². The Morgan fingerprint density at radius 1 is 1.52 bits per heavy atom. The Morgan fingerprint density at radius 2 is 2.17 bits per heavy atom. The summed E-state index contributed by atoms with van der Waals surface area (Å²) in [6.07, 6.45) is -1.04. The highest BCUT2D eigenvalue weighted by Crippen LogP contribution is 2.26. The van der Waals surface area contributed by atoms with E-state index in [1.54, 1.807) is 13.8 Å². The van der Waals surface area contributed by atoms with Gasteiger partial charge >= 0.3 is 11.7 Å². The van der Waals surface area contributed by atoms with E-state index in [-0.39, 0.29) is 0 Å². The first-order chi connectivity index (χ1) is 10.8. The molecule has 0 aliphatic heterocycles. The number of H-pyrrole nitrogens is 1. The van der Waals surface area contributed by atoms with Gasteiger partial charge in [-0.3, -0.25) is 19.1 Å². The van der Waals surface area contributed by atoms with Crippen molar-refractivity contribution < 1.29 is 23.8 Å². The van der Waals surface area contributed by atoms with Gasteiger partial charge in [-0.1, -0.05) is 6.92 Å². The number of aliphatic hydroxyl groups excluding tert-OH is 1. The van der Waals surface area contributed by atoms with Crippen LogP contribution in [0, 0.1) is 0 Å². The molecule has 3 atom stereocenters. The van der Waals surface area contributed by atoms with Crippen LogP contribution in [0.5, 0.6) is 0 Å². The van der Waals surface area contributed by atoms with E-state index in [2.05, 4.69) is 0 Å². The molecule has 2 N–H and O–H groups in total. The lowest BCUT2D eigenvalue weighted by Gasteiger charge is -2.36. The van der Waals surface area contributed by atoms with E-state index in [0.717, 1.165) is 16.8 Å². The fraction of sp³-hybridized carbons (Fsp3) is 0.643. The Hall–Kier alpha value is -2.00. The Bertz CT molecular complexity index is 643. The Balaban J connectivity index is 3.09. The van der Waals surface area contributed by atoms with E-state index in [0.29, 0.717) is 6.42 Å². The Morgan fingerprint density at radius 3 is 2.61 bits per heavy atom. The van der Waals surface area contributed by atoms with Gasteiger partial charge in [-0.15, -0.1) is 0 Å². The van der Waals surface area contributed by atoms with Crippen molar-refractivity contribution >= 4 is 5.97 Å². The predicted molar refractivity (Wildman–Crippen MR) is 78.8 cm³/mol. The first kappa shape index (κ1) is 19.0. The molecule has 0 aliphatic rings. The minimum Gasteiger partial charge on any atom is -0.457 e. The van der Waals surface area contributed by atoms with Gasteiger partial charge in [-0.25, -0.2) is 9.18 Å². The summed E-state index contributed by atoms with van der Waals surface area (Å²) in [4.78, 5) is 36.0. The molecule has 0 aliphatic carbocycles. The van der Waals surface area contributed by atoms with Gasteiger partial charge in [0, 0.05) is 19.2 Å². The standard InChI is InChI=1S/C14H21FN2O6/c1-4-14(3,23-9(2)19)10(8-18)22-12(7-15)17-6-5-11(20)16-13(17)21/h5-6,10,12,18H,4,7-8H2,1-3H3,(H,16,20,21)/t10-,12-,14?/m1/s1. The molecule has 1 unspecified atom stereocenters. The number of carbonyl (C=O) groups excluding carboxylic acids is 1. The summed E-state index contributed by atoms with van der Waals surface area (Å²) in [6, 6.07) is 1.05. The molecule has 8 nitrogen and oxygen atoms in total. The summed E-state index contributed by atoms with van der Waals surface area (Å²) in [6.45, 7) is 2.84. The summed E-state index contributed by atoms with van der Waals surface area (Å²) in [5, 5.41) is 9.53. The van der Waals surface area contributed by atoms with E-state index in [9.17, 15) is 23.9 Å². The van der Waals surface area contributed by atoms with Crippen molar-refractivity contribution in [3.8, 4) is 0 Å². The largest absolute Gasteiger partial charge is 0.457 e. The number of aromatic nitrogens is 2. The van der Waals surface area contributed by atoms with Crippen molar-refractivity contribution in [1.29, 1.82) is 0 Å². The van der Waals surface area contributed by atoms with E-state index in [1.807, 2.05) is 4.98 Å². The van der Waals surface area contributed by atoms with Crippen molar-refractivity contribution in [3.05, 3.63) is 33.1 Å². The lowest BCUT2D eigenvalue weighted by molar-refractivity contribution is -0.196. The first-order valence-corrected chi connectivity index (χ1v) is 7.10. The molecule has 0 amide bonds. The van der Waals surface area contributed by atoms with Crippen molar-refractivity contribution in [1.82, 2.24) is 9.55 Å². The smallest absolute Gasteiger partial charge is 0.330 e. The summed E-state index contributed by atoms with van der Waals surface area (Å²) in [5.74, 6) is -0.575. The van der Waals surface area contributed by atoms with Crippen LogP contribution in [0.1, 0.15) is 33.4 Å². The zero-order valence-electron chi connectivity index (χ0n) is 13.2. The summed E-state index contributed by atoms with van der Waals surface area (Å²) < 4.78 is 24.8. The number of halogens is 1. The maximum absolute atomic E-state index is 13.3. The third kappa shape index (κ3) is 4.73. The van der Waals surface area contributed by atoms with E-state index in [1.165, 1.54) is 6.92 Å². The van der Waals surface area contributed by atoms with Crippen LogP contribution < -0.4 is 11.2 Å². The van der Waals surface area contributed by atoms with Crippen LogP contribution in [0.15, 0.2) is 21.9 Å². The van der Waals surface area contributed by atoms with E-state index < -0.39 is 48.4 Å². The van der Waals surface area contributed by atoms with Crippen LogP contribution in [0.4, 0.5) is 4.39 Å². The molecule has 0 radical (unpaired) electrons. The van der Waals surface area contributed by atoms with Gasteiger partial charge in [0.05, 0.1) is 6.61 Å². The molecule has 0 spiro atoms. The monoisotopic (exact) mass is 332 g/mol. The number of esters is 1. The highest BCUT2D eigenvalue weighted by molar-refractivity contribution is 5.66. The lowest BCUT2D eigenvalue weighted by Crippen LogP contribution is -2.48. The number of aliphatic hydroxyl groups is 1. The van der Waals surface area contributed by atoms with Crippen molar-refractivity contribution in [2.75, 3.05) is 13.3 Å². The van der Waals surface area contributed by atoms with Gasteiger partial charge < -0.3 is 14.6 Å². The Labute approximate surface area is 131 Å². The van der Waals surface area contributed by atoms with E-state index >= 15 is 0 Å². The molecule has 1 heterocycles. The molecule has 9 heteroatoms. The number of nitrogens with zero attached hydrogens (tertiary/aromatic N) is 1. The van der Waals surface area contributed by atoms with Crippen LogP contribution in [0.3, 0.4) is 0 Å². The number of ether oxygens (including phenoxy) is 2. The van der Waals surface area contributed by atoms with Gasteiger partial charge in [-0.2, -0.15) is 0 Å². The number of alkyl halides is 1. The summed E-state index contributed by atoms with van der Waals surface area (Å²) in [7, 11) is 0. The fourth-order valence-corrected chi connectivity index (χ4v) is 2.09. The molecule has 0 aromatic carbocycles. The highest BCUT2D eigenvalue weighted by atomic mass is 19.1. The van der Waals surface area contributed by atoms with Gasteiger partial charge in [-0.05, 0) is 13.3 Å². The van der Waals surface area contributed by atoms with Gasteiger partial charge in [0.15, 0.2) is 6.23 Å². The average molecular weight is 332 g/mol. The van der Waals surface area contributed by atoms with Crippen molar-refractivity contribution in [3.63, 3.8) is 0 Å². The first-order valence-electron chi connectivity index (χ1n) is 7.10. The quantitative estimate of drug-likeness (QED) is 0.654. The Kier molecular flexibility index (Phi) is 6.64. The molecular weight excluding hydrogens is 311 g/mol. The molecule has 23 heavy (non-hydrogen) atoms. The van der Waals surface area contributed by atoms with Gasteiger partial charge in [0.2, 0.25) is 0 Å². The average Bonchev–Trinajstić information content (AvgIpc) is 2.48. The molecule has 0 bridgehead atoms. The second-order valence-electron chi connectivity index (χ2n) is 5.19. The lowest BCUT2D eigenvalue weighted by atomic mass is 9.96. The fourth-order valence-electron chi connectivity index (χ4n) is 2.09. The van der Waals surface area contributed by atoms with Crippen LogP contribution >= 0.6 is 0 Å². The second kappa shape index (κ2) is 8.02. The summed E-state index contributed by atoms with van der Waals surface area (Å²) >= 11 is 0. The van der Waals surface area contributed by atoms with Crippen molar-refractivity contribution in [2.24, 2.45) is 0 Å². The summed E-state index contributed by atoms with van der Waals surface area (Å²) in [5.41, 5.74) is -2.66. The molecule has 1 aromatic heterocycles. The molecule has 0 saturated heterocycles. The predicted octanol–water partition coefficient (Wildman–Crippen LogP) is 0.114. The third-order valence-electron chi connectivity index (χ3n) is 3.54. The highest BCUT2D eigenvalue weighted by Gasteiger charge is 2.38. The third-order valence-corrected chi connectivity index (χ3v) is 3.54. The topological polar surface area (TPSA) is 111 Å². The normalized spacial score (nSPS) is 16.4. The molecule has 1 rings (SSSR count). The van der Waals surface area contributed by atoms with Crippen LogP contribution in [0.25, 0.3) is 0 Å². The number of nitrogens with one attached hydrogen (secondary N) is 1. The molecular formula is C14H21FN2O6. The molecule has 130 valence electrons. The maximum Gasteiger partial charge on any atom is 0.330 e. The van der Waals surface area contributed by atoms with Gasteiger partial charge in [0.25, 0.3) is 5.56 Å². The second-order valence-corrected chi connectivity index (χ2v) is 5.19. The maximum atomic E-state index is 13.3. The number of carbonyl (C=O) groups is 1. The zero-order chi connectivity index (χ0) is 17.6.